The van der Waals surface area contributed by atoms with E-state index < -0.39 is 0 Å². The second kappa shape index (κ2) is 8.91. The predicted octanol–water partition coefficient (Wildman–Crippen LogP) is 3.09. The summed E-state index contributed by atoms with van der Waals surface area (Å²) in [4.78, 5) is 23.5. The molecule has 0 radical (unpaired) electrons. The van der Waals surface area contributed by atoms with Gasteiger partial charge in [-0.3, -0.25) is 4.57 Å². The second-order valence-electron chi connectivity index (χ2n) is 5.76. The average molecular weight is 398 g/mol. The number of hydrogen-bond acceptors (Lipinski definition) is 5. The van der Waals surface area contributed by atoms with Crippen LogP contribution in [0.25, 0.3) is 11.2 Å². The summed E-state index contributed by atoms with van der Waals surface area (Å²) in [6, 6.07) is 7.93. The zero-order valence-corrected chi connectivity index (χ0v) is 15.9. The van der Waals surface area contributed by atoms with Gasteiger partial charge in [0.05, 0.1) is 13.2 Å². The smallest absolute Gasteiger partial charge is 0.328 e. The summed E-state index contributed by atoms with van der Waals surface area (Å²) in [5, 5.41) is 0. The van der Waals surface area contributed by atoms with E-state index in [2.05, 4.69) is 21.9 Å². The van der Waals surface area contributed by atoms with Crippen molar-refractivity contribution in [2.75, 3.05) is 12.3 Å². The van der Waals surface area contributed by atoms with E-state index in [0.29, 0.717) is 30.2 Å². The van der Waals surface area contributed by atoms with Crippen LogP contribution in [0.2, 0.25) is 0 Å². The van der Waals surface area contributed by atoms with Gasteiger partial charge in [-0.1, -0.05) is 37.6 Å². The van der Waals surface area contributed by atoms with Crippen LogP contribution in [0.4, 0.5) is 5.82 Å². The minimum absolute atomic E-state index is 0. The molecule has 2 aromatic heterocycles. The summed E-state index contributed by atoms with van der Waals surface area (Å²) >= 11 is 5.81. The normalized spacial score (nSPS) is 10.7. The van der Waals surface area contributed by atoms with Gasteiger partial charge >= 0.3 is 11.7 Å². The Morgan fingerprint density at radius 3 is 2.58 bits per heavy atom. The van der Waals surface area contributed by atoms with Crippen molar-refractivity contribution < 1.29 is 4.74 Å². The monoisotopic (exact) mass is 397 g/mol. The first kappa shape index (κ1) is 20.1. The summed E-state index contributed by atoms with van der Waals surface area (Å²) in [5.41, 5.74) is 8.50. The number of nitrogens with two attached hydrogens (primary N) is 1. The molecule has 0 spiro atoms. The highest BCUT2D eigenvalue weighted by atomic mass is 35.5. The topological polar surface area (TPSA) is 98.8 Å². The molecular formula is C17H21Cl2N5O2. The number of nitrogens with zero attached hydrogens (tertiary/aromatic N) is 3. The van der Waals surface area contributed by atoms with Gasteiger partial charge in [0.2, 0.25) is 0 Å². The van der Waals surface area contributed by atoms with E-state index in [1.807, 2.05) is 24.3 Å². The highest BCUT2D eigenvalue weighted by Gasteiger charge is 2.14. The van der Waals surface area contributed by atoms with Crippen molar-refractivity contribution in [1.29, 1.82) is 0 Å². The van der Waals surface area contributed by atoms with E-state index in [1.165, 1.54) is 4.57 Å². The molecule has 0 amide bonds. The predicted molar refractivity (Wildman–Crippen MR) is 105 cm³/mol. The van der Waals surface area contributed by atoms with Crippen LogP contribution in [0, 0.1) is 0 Å². The average Bonchev–Trinajstić information content (AvgIpc) is 2.93. The number of ether oxygens (including phenoxy) is 1. The SMILES string of the molecule is CCCCOc1nc(N)c2[nH]c(=O)n(Cc3ccc(CCl)cc3)c2n1.Cl. The molecule has 0 saturated carbocycles. The van der Waals surface area contributed by atoms with Gasteiger partial charge in [-0.2, -0.15) is 9.97 Å². The van der Waals surface area contributed by atoms with Gasteiger partial charge in [0.1, 0.15) is 5.52 Å². The van der Waals surface area contributed by atoms with Gasteiger partial charge in [-0.15, -0.1) is 24.0 Å². The molecule has 2 heterocycles. The van der Waals surface area contributed by atoms with Crippen LogP contribution in [0.1, 0.15) is 30.9 Å². The number of unbranched alkanes of at least 4 members (excludes halogenated alkanes) is 1. The Labute approximate surface area is 162 Å². The van der Waals surface area contributed by atoms with Gasteiger partial charge in [-0.25, -0.2) is 4.79 Å². The Balaban J connectivity index is 0.00000243. The summed E-state index contributed by atoms with van der Waals surface area (Å²) in [5.74, 6) is 0.653. The fraction of sp³-hybridized carbons (Fsp3) is 0.353. The quantitative estimate of drug-likeness (QED) is 0.471. The molecule has 140 valence electrons. The van der Waals surface area contributed by atoms with E-state index in [0.717, 1.165) is 24.0 Å². The van der Waals surface area contributed by atoms with E-state index in [4.69, 9.17) is 22.1 Å². The van der Waals surface area contributed by atoms with Crippen molar-refractivity contribution in [3.8, 4) is 6.01 Å². The van der Waals surface area contributed by atoms with Gasteiger partial charge in [0, 0.05) is 5.88 Å². The number of fused-ring (bicyclic) bond motifs is 1. The molecule has 7 nitrogen and oxygen atoms in total. The summed E-state index contributed by atoms with van der Waals surface area (Å²) in [6.07, 6.45) is 1.90. The molecule has 0 bridgehead atoms. The van der Waals surface area contributed by atoms with E-state index >= 15 is 0 Å². The second-order valence-corrected chi connectivity index (χ2v) is 6.03. The molecule has 9 heteroatoms. The standard InChI is InChI=1S/C17H20ClN5O2.ClH/c1-2-3-8-25-16-21-14(19)13-15(22-16)23(17(24)20-13)10-12-6-4-11(9-18)5-7-12;/h4-7H,2-3,8-10H2,1H3,(H,20,24)(H2,19,21,22);1H. The Morgan fingerprint density at radius 2 is 1.92 bits per heavy atom. The zero-order valence-electron chi connectivity index (χ0n) is 14.4. The van der Waals surface area contributed by atoms with E-state index in [1.54, 1.807) is 0 Å². The van der Waals surface area contributed by atoms with Gasteiger partial charge in [-0.05, 0) is 17.5 Å². The fourth-order valence-electron chi connectivity index (χ4n) is 2.47. The Morgan fingerprint density at radius 1 is 1.23 bits per heavy atom. The number of H-pyrrole nitrogens is 1. The highest BCUT2D eigenvalue weighted by Crippen LogP contribution is 2.19. The van der Waals surface area contributed by atoms with Crippen LogP contribution < -0.4 is 16.2 Å². The van der Waals surface area contributed by atoms with Crippen molar-refractivity contribution in [2.45, 2.75) is 32.2 Å². The van der Waals surface area contributed by atoms with Crippen molar-refractivity contribution in [3.05, 3.63) is 45.9 Å². The van der Waals surface area contributed by atoms with Crippen LogP contribution in [-0.2, 0) is 12.4 Å². The van der Waals surface area contributed by atoms with E-state index in [-0.39, 0.29) is 29.9 Å². The molecule has 0 fully saturated rings. The van der Waals surface area contributed by atoms with E-state index in [9.17, 15) is 4.79 Å². The van der Waals surface area contributed by atoms with Gasteiger partial charge < -0.3 is 15.5 Å². The van der Waals surface area contributed by atoms with Crippen molar-refractivity contribution in [1.82, 2.24) is 19.5 Å². The first-order valence-electron chi connectivity index (χ1n) is 8.15. The van der Waals surface area contributed by atoms with Crippen LogP contribution in [0.5, 0.6) is 6.01 Å². The molecule has 3 N–H and O–H groups in total. The molecule has 3 rings (SSSR count). The summed E-state index contributed by atoms with van der Waals surface area (Å²) < 4.78 is 7.06. The molecule has 3 aromatic rings. The first-order chi connectivity index (χ1) is 12.1. The Hall–Kier alpha value is -2.25. The number of benzene rings is 1. The molecule has 0 unspecified atom stereocenters. The molecular weight excluding hydrogens is 377 g/mol. The molecule has 1 aromatic carbocycles. The number of imidazole rings is 1. The third-order valence-electron chi connectivity index (χ3n) is 3.88. The lowest BCUT2D eigenvalue weighted by Gasteiger charge is -2.07. The molecule has 0 aliphatic carbocycles. The maximum absolute atomic E-state index is 12.3. The summed E-state index contributed by atoms with van der Waals surface area (Å²) in [6.45, 7) is 2.95. The number of hydrogen-bond donors (Lipinski definition) is 2. The van der Waals surface area contributed by atoms with Gasteiger partial charge in [0.25, 0.3) is 0 Å². The molecule has 0 aliphatic rings. The van der Waals surface area contributed by atoms with Crippen LogP contribution in [0.3, 0.4) is 0 Å². The number of anilines is 1. The van der Waals surface area contributed by atoms with Crippen LogP contribution >= 0.6 is 24.0 Å². The number of rotatable bonds is 7. The number of aromatic amines is 1. The third kappa shape index (κ3) is 4.28. The van der Waals surface area contributed by atoms with Crippen molar-refractivity contribution >= 4 is 41.0 Å². The summed E-state index contributed by atoms with van der Waals surface area (Å²) in [7, 11) is 0. The number of aromatic nitrogens is 4. The fourth-order valence-corrected chi connectivity index (χ4v) is 2.64. The molecule has 0 atom stereocenters. The number of nitrogens with one attached hydrogen (secondary N) is 1. The molecule has 0 saturated heterocycles. The number of nitrogen functional groups attached to an aromatic ring is 1. The maximum atomic E-state index is 12.3. The zero-order chi connectivity index (χ0) is 17.8. The van der Waals surface area contributed by atoms with Crippen molar-refractivity contribution in [3.63, 3.8) is 0 Å². The molecule has 26 heavy (non-hydrogen) atoms. The Bertz CT molecular complexity index is 921. The first-order valence-corrected chi connectivity index (χ1v) is 8.68. The lowest BCUT2D eigenvalue weighted by molar-refractivity contribution is 0.286. The van der Waals surface area contributed by atoms with Crippen LogP contribution in [-0.4, -0.2) is 26.1 Å². The molecule has 0 aliphatic heterocycles. The third-order valence-corrected chi connectivity index (χ3v) is 4.19. The largest absolute Gasteiger partial charge is 0.463 e. The highest BCUT2D eigenvalue weighted by molar-refractivity contribution is 6.17. The number of alkyl halides is 1. The number of halogens is 2. The van der Waals surface area contributed by atoms with Gasteiger partial charge in [0.15, 0.2) is 11.5 Å². The Kier molecular flexibility index (Phi) is 6.88. The lowest BCUT2D eigenvalue weighted by Crippen LogP contribution is -2.17. The van der Waals surface area contributed by atoms with Crippen LogP contribution in [0.15, 0.2) is 29.1 Å². The maximum Gasteiger partial charge on any atom is 0.328 e. The minimum atomic E-state index is -0.289. The lowest BCUT2D eigenvalue weighted by atomic mass is 10.1. The minimum Gasteiger partial charge on any atom is -0.463 e. The van der Waals surface area contributed by atoms with Crippen molar-refractivity contribution in [2.24, 2.45) is 0 Å².